The number of alkyl halides is 1. The van der Waals surface area contributed by atoms with Gasteiger partial charge < -0.3 is 24.5 Å². The number of hydrogen-bond acceptors (Lipinski definition) is 10. The maximum atomic E-state index is 15.2. The third-order valence-electron chi connectivity index (χ3n) is 13.7. The van der Waals surface area contributed by atoms with Crippen molar-refractivity contribution in [3.8, 4) is 11.8 Å². The molecule has 1 N–H and O–H groups in total. The first kappa shape index (κ1) is 35.8. The number of ether oxygens (including phenoxy) is 1. The molecule has 0 spiro atoms. The lowest BCUT2D eigenvalue weighted by atomic mass is 9.91. The number of carbonyl (C=O) groups is 1. The summed E-state index contributed by atoms with van der Waals surface area (Å²) in [6.45, 7) is 8.23. The van der Waals surface area contributed by atoms with Crippen LogP contribution in [0.1, 0.15) is 78.5 Å². The minimum atomic E-state index is -0.868. The average molecular weight is 768 g/mol. The Bertz CT molecular complexity index is 2200. The van der Waals surface area contributed by atoms with Crippen LogP contribution >= 0.6 is 0 Å². The number of aromatic hydroxyl groups is 1. The molecule has 0 saturated carbocycles. The van der Waals surface area contributed by atoms with Gasteiger partial charge in [-0.15, -0.1) is 0 Å². The van der Waals surface area contributed by atoms with Crippen LogP contribution in [0.3, 0.4) is 0 Å². The number of benzene rings is 2. The minimum absolute atomic E-state index is 0.0171. The van der Waals surface area contributed by atoms with E-state index in [0.29, 0.717) is 75.9 Å². The van der Waals surface area contributed by atoms with Crippen LogP contribution in [0, 0.1) is 5.82 Å². The second-order valence-electron chi connectivity index (χ2n) is 17.0. The second kappa shape index (κ2) is 13.8. The number of phenolic OH excluding ortho intramolecular Hbond substituents is 1. The molecule has 7 aliphatic heterocycles. The lowest BCUT2D eigenvalue weighted by Gasteiger charge is -2.50. The highest BCUT2D eigenvalue weighted by Gasteiger charge is 2.49. The summed E-state index contributed by atoms with van der Waals surface area (Å²) in [5.41, 5.74) is 4.36. The molecule has 2 bridgehead atoms. The minimum Gasteiger partial charge on any atom is -0.508 e. The van der Waals surface area contributed by atoms with E-state index in [2.05, 4.69) is 26.6 Å². The number of aromatic nitrogens is 4. The average Bonchev–Trinajstić information content (AvgIpc) is 3.83. The molecule has 0 aliphatic carbocycles. The van der Waals surface area contributed by atoms with Crippen molar-refractivity contribution in [2.24, 2.45) is 0 Å². The Balaban J connectivity index is 0.986. The van der Waals surface area contributed by atoms with Gasteiger partial charge in [-0.05, 0) is 87.7 Å². The largest absolute Gasteiger partial charge is 0.508 e. The normalized spacial score (nSPS) is 26.4. The summed E-state index contributed by atoms with van der Waals surface area (Å²) in [5.74, 6) is 0.693. The summed E-state index contributed by atoms with van der Waals surface area (Å²) in [5, 5.41) is 17.3. The molecule has 4 atom stereocenters. The Morgan fingerprint density at radius 2 is 1.88 bits per heavy atom. The molecule has 0 radical (unpaired) electrons. The lowest BCUT2D eigenvalue weighted by Crippen LogP contribution is -2.62. The molecule has 9 heterocycles. The molecule has 5 saturated heterocycles. The Kier molecular flexibility index (Phi) is 8.84. The van der Waals surface area contributed by atoms with Gasteiger partial charge in [-0.2, -0.15) is 15.1 Å². The number of phenols is 1. The Labute approximate surface area is 326 Å². The van der Waals surface area contributed by atoms with Crippen molar-refractivity contribution in [3.05, 3.63) is 64.4 Å². The quantitative estimate of drug-likeness (QED) is 0.274. The Hall–Kier alpha value is -4.56. The fourth-order valence-electron chi connectivity index (χ4n) is 10.8. The highest BCUT2D eigenvalue weighted by atomic mass is 19.1. The number of fused-ring (bicyclic) bond motifs is 7. The van der Waals surface area contributed by atoms with Crippen LogP contribution in [0.25, 0.3) is 10.8 Å². The summed E-state index contributed by atoms with van der Waals surface area (Å²) >= 11 is 0. The standard InChI is InChI=1S/C42H51F2N9O3/c1-3-32-34(44)9-6-26-16-31(54)18-37(38(26)32)49-15-10-33-36(24-49)45-41(56-25-42-11-4-13-51(42)20-27(43)19-42)46-39(33)50-12-5-14-53-30(22-50)17-35(47-53)40(55)52-23-28-7-8-29(52)21-48(28)2/h6,9,16-18,27-29,54H,3-5,7-8,10-15,19-25H2,1-2H3/t27-,28?,29?,42+/m1/s1. The molecular weight excluding hydrogens is 717 g/mol. The van der Waals surface area contributed by atoms with Crippen molar-refractivity contribution < 1.29 is 23.4 Å². The molecule has 2 aromatic carbocycles. The maximum Gasteiger partial charge on any atom is 0.318 e. The van der Waals surface area contributed by atoms with Crippen molar-refractivity contribution in [2.75, 3.05) is 62.7 Å². The number of piperidine rings is 2. The number of halogens is 2. The van der Waals surface area contributed by atoms with Gasteiger partial charge in [0.15, 0.2) is 5.69 Å². The smallest absolute Gasteiger partial charge is 0.318 e. The molecule has 2 unspecified atom stereocenters. The molecule has 5 fully saturated rings. The number of aryl methyl sites for hydroxylation is 2. The molecule has 14 heteroatoms. The van der Waals surface area contributed by atoms with Crippen LogP contribution in [-0.4, -0.2) is 122 Å². The molecular formula is C42H51F2N9O3. The number of anilines is 2. The summed E-state index contributed by atoms with van der Waals surface area (Å²) in [6, 6.07) is 9.49. The van der Waals surface area contributed by atoms with Crippen molar-refractivity contribution in [1.29, 1.82) is 0 Å². The topological polar surface area (TPSA) is 106 Å². The van der Waals surface area contributed by atoms with Gasteiger partial charge in [0.25, 0.3) is 5.91 Å². The van der Waals surface area contributed by atoms with Gasteiger partial charge in [0.05, 0.1) is 30.0 Å². The van der Waals surface area contributed by atoms with Crippen LogP contribution in [0.4, 0.5) is 20.3 Å². The highest BCUT2D eigenvalue weighted by molar-refractivity contribution is 5.98. The predicted molar refractivity (Wildman–Crippen MR) is 209 cm³/mol. The Morgan fingerprint density at radius 3 is 2.70 bits per heavy atom. The molecule has 7 aliphatic rings. The van der Waals surface area contributed by atoms with Crippen LogP contribution < -0.4 is 14.5 Å². The molecule has 296 valence electrons. The Morgan fingerprint density at radius 1 is 1.00 bits per heavy atom. The predicted octanol–water partition coefficient (Wildman–Crippen LogP) is 5.08. The van der Waals surface area contributed by atoms with Crippen molar-refractivity contribution in [2.45, 2.75) is 102 Å². The van der Waals surface area contributed by atoms with Crippen molar-refractivity contribution >= 4 is 28.2 Å². The van der Waals surface area contributed by atoms with Crippen LogP contribution in [-0.2, 0) is 32.5 Å². The number of likely N-dealkylation sites (N-methyl/N-ethyl adjacent to an activating group) is 1. The van der Waals surface area contributed by atoms with Crippen LogP contribution in [0.2, 0.25) is 0 Å². The van der Waals surface area contributed by atoms with E-state index in [1.54, 1.807) is 18.2 Å². The fraction of sp³-hybridized carbons (Fsp3) is 0.571. The first-order valence-electron chi connectivity index (χ1n) is 20.6. The number of amides is 1. The van der Waals surface area contributed by atoms with E-state index < -0.39 is 6.17 Å². The summed E-state index contributed by atoms with van der Waals surface area (Å²) in [4.78, 5) is 35.2. The monoisotopic (exact) mass is 767 g/mol. The van der Waals surface area contributed by atoms with Crippen molar-refractivity contribution in [3.63, 3.8) is 0 Å². The number of piperazine rings is 1. The van der Waals surface area contributed by atoms with Crippen LogP contribution in [0.15, 0.2) is 30.3 Å². The molecule has 4 aromatic rings. The third-order valence-corrected chi connectivity index (χ3v) is 13.7. The highest BCUT2D eigenvalue weighted by Crippen LogP contribution is 2.42. The van der Waals surface area contributed by atoms with E-state index in [9.17, 15) is 14.3 Å². The maximum absolute atomic E-state index is 15.2. The molecule has 2 aromatic heterocycles. The fourth-order valence-corrected chi connectivity index (χ4v) is 10.8. The molecule has 56 heavy (non-hydrogen) atoms. The number of nitrogens with zero attached hydrogens (tertiary/aromatic N) is 9. The van der Waals surface area contributed by atoms with Gasteiger partial charge >= 0.3 is 6.01 Å². The van der Waals surface area contributed by atoms with Gasteiger partial charge in [-0.25, -0.2) is 8.78 Å². The zero-order chi connectivity index (χ0) is 38.3. The van der Waals surface area contributed by atoms with Gasteiger partial charge in [-0.3, -0.25) is 19.3 Å². The SMILES string of the molecule is CCc1c(F)ccc2cc(O)cc(N3CCc4c(nc(OC[C@@]56CCCN5C[C@H](F)C6)nc4N4CCCn5nc(C(=O)N6CC7CCC6CN7C)cc5C4)C3)c12. The van der Waals surface area contributed by atoms with Gasteiger partial charge in [0, 0.05) is 80.5 Å². The zero-order valence-corrected chi connectivity index (χ0v) is 32.4. The third kappa shape index (κ3) is 6.05. The molecule has 12 nitrogen and oxygen atoms in total. The summed E-state index contributed by atoms with van der Waals surface area (Å²) in [7, 11) is 2.15. The number of rotatable bonds is 7. The second-order valence-corrected chi connectivity index (χ2v) is 17.0. The van der Waals surface area contributed by atoms with E-state index in [-0.39, 0.29) is 35.1 Å². The number of hydrogen-bond donors (Lipinski definition) is 1. The van der Waals surface area contributed by atoms with E-state index >= 15 is 4.39 Å². The number of carbonyl (C=O) groups excluding carboxylic acids is 1. The molecule has 1 amide bonds. The van der Waals surface area contributed by atoms with Gasteiger partial charge in [0.1, 0.15) is 30.2 Å². The molecule has 11 rings (SSSR count). The van der Waals surface area contributed by atoms with Gasteiger partial charge in [0.2, 0.25) is 0 Å². The summed E-state index contributed by atoms with van der Waals surface area (Å²) in [6.07, 6.45) is 5.61. The lowest BCUT2D eigenvalue weighted by molar-refractivity contribution is -0.000499. The van der Waals surface area contributed by atoms with E-state index in [4.69, 9.17) is 19.8 Å². The van der Waals surface area contributed by atoms with Crippen molar-refractivity contribution in [1.82, 2.24) is 34.4 Å². The van der Waals surface area contributed by atoms with Crippen LogP contribution in [0.5, 0.6) is 11.8 Å². The van der Waals surface area contributed by atoms with E-state index in [0.717, 1.165) is 97.5 Å². The first-order valence-corrected chi connectivity index (χ1v) is 20.6. The van der Waals surface area contributed by atoms with E-state index in [1.807, 2.05) is 22.6 Å². The zero-order valence-electron chi connectivity index (χ0n) is 32.4. The first-order chi connectivity index (χ1) is 27.2. The summed E-state index contributed by atoms with van der Waals surface area (Å²) < 4.78 is 38.4. The van der Waals surface area contributed by atoms with E-state index in [1.165, 1.54) is 6.07 Å². The van der Waals surface area contributed by atoms with Gasteiger partial charge in [-0.1, -0.05) is 13.0 Å².